The number of phenols is 1. The number of hydrogen-bond donors (Lipinski definition) is 2. The molecule has 5 nitrogen and oxygen atoms in total. The number of nitrogens with zero attached hydrogens (tertiary/aromatic N) is 2. The van der Waals surface area contributed by atoms with E-state index in [1.807, 2.05) is 33.8 Å². The van der Waals surface area contributed by atoms with Gasteiger partial charge in [-0.1, -0.05) is 13.8 Å². The molecule has 2 N–H and O–H groups in total. The maximum absolute atomic E-state index is 12.2. The molecule has 0 unspecified atom stereocenters. The van der Waals surface area contributed by atoms with Crippen LogP contribution in [0.2, 0.25) is 0 Å². The van der Waals surface area contributed by atoms with Crippen LogP contribution < -0.4 is 5.32 Å². The largest absolute Gasteiger partial charge is 0.508 e. The van der Waals surface area contributed by atoms with Gasteiger partial charge in [-0.2, -0.15) is 5.10 Å². The molecule has 1 aromatic heterocycles. The number of anilines is 1. The molecule has 0 bridgehead atoms. The van der Waals surface area contributed by atoms with E-state index >= 15 is 0 Å². The zero-order valence-corrected chi connectivity index (χ0v) is 14.7. The van der Waals surface area contributed by atoms with Crippen LogP contribution in [0.4, 0.5) is 5.69 Å². The van der Waals surface area contributed by atoms with Gasteiger partial charge >= 0.3 is 0 Å². The van der Waals surface area contributed by atoms with Crippen molar-refractivity contribution in [1.82, 2.24) is 9.78 Å². The van der Waals surface area contributed by atoms with Gasteiger partial charge in [0.2, 0.25) is 5.91 Å². The molecule has 6 heteroatoms. The molecular weight excluding hydrogens is 346 g/mol. The molecule has 2 aromatic rings. The zero-order valence-electron chi connectivity index (χ0n) is 13.1. The zero-order chi connectivity index (χ0) is 16.4. The van der Waals surface area contributed by atoms with Gasteiger partial charge in [-0.3, -0.25) is 9.48 Å². The quantitative estimate of drug-likeness (QED) is 0.811. The van der Waals surface area contributed by atoms with Gasteiger partial charge in [0.1, 0.15) is 12.3 Å². The van der Waals surface area contributed by atoms with E-state index in [1.54, 1.807) is 16.9 Å². The number of carbonyl (C=O) groups is 1. The van der Waals surface area contributed by atoms with Crippen molar-refractivity contribution < 1.29 is 9.90 Å². The lowest BCUT2D eigenvalue weighted by Gasteiger charge is -2.14. The van der Waals surface area contributed by atoms with Gasteiger partial charge in [0, 0.05) is 5.69 Å². The summed E-state index contributed by atoms with van der Waals surface area (Å²) in [5, 5.41) is 17.0. The Labute approximate surface area is 138 Å². The minimum atomic E-state index is -0.151. The van der Waals surface area contributed by atoms with E-state index in [0.717, 1.165) is 27.0 Å². The number of nitrogens with one attached hydrogen (secondary N) is 1. The van der Waals surface area contributed by atoms with Crippen LogP contribution in [0.3, 0.4) is 0 Å². The van der Waals surface area contributed by atoms with Crippen LogP contribution in [-0.2, 0) is 11.3 Å². The third kappa shape index (κ3) is 3.50. The first-order valence-corrected chi connectivity index (χ1v) is 7.90. The molecule has 0 saturated carbocycles. The van der Waals surface area contributed by atoms with Gasteiger partial charge in [0.25, 0.3) is 0 Å². The molecule has 0 saturated heterocycles. The number of rotatable bonds is 4. The summed E-state index contributed by atoms with van der Waals surface area (Å²) in [7, 11) is 0. The number of amides is 1. The van der Waals surface area contributed by atoms with E-state index in [2.05, 4.69) is 26.3 Å². The van der Waals surface area contributed by atoms with E-state index in [9.17, 15) is 9.90 Å². The Morgan fingerprint density at radius 2 is 2.09 bits per heavy atom. The van der Waals surface area contributed by atoms with E-state index in [0.29, 0.717) is 0 Å². The summed E-state index contributed by atoms with van der Waals surface area (Å²) in [5.74, 6) is 0.292. The highest BCUT2D eigenvalue weighted by atomic mass is 79.9. The SMILES string of the molecule is Cc1cc(O)c(C(C)C)cc1NC(=O)Cn1ncc(Br)c1C. The highest BCUT2D eigenvalue weighted by molar-refractivity contribution is 9.10. The fourth-order valence-electron chi connectivity index (χ4n) is 2.22. The monoisotopic (exact) mass is 365 g/mol. The Hall–Kier alpha value is -1.82. The van der Waals surface area contributed by atoms with Crippen molar-refractivity contribution in [2.24, 2.45) is 0 Å². The van der Waals surface area contributed by atoms with Gasteiger partial charge in [-0.25, -0.2) is 0 Å². The summed E-state index contributed by atoms with van der Waals surface area (Å²) in [6.07, 6.45) is 1.67. The molecule has 0 radical (unpaired) electrons. The van der Waals surface area contributed by atoms with E-state index in [-0.39, 0.29) is 24.1 Å². The summed E-state index contributed by atoms with van der Waals surface area (Å²) in [6.45, 7) is 7.90. The maximum atomic E-state index is 12.2. The second-order valence-corrected chi connectivity index (χ2v) is 6.52. The van der Waals surface area contributed by atoms with Crippen molar-refractivity contribution in [3.63, 3.8) is 0 Å². The van der Waals surface area contributed by atoms with Crippen LogP contribution in [0.15, 0.2) is 22.8 Å². The van der Waals surface area contributed by atoms with Crippen molar-refractivity contribution in [2.75, 3.05) is 5.32 Å². The third-order valence-corrected chi connectivity index (χ3v) is 4.38. The number of hydrogen-bond acceptors (Lipinski definition) is 3. The summed E-state index contributed by atoms with van der Waals surface area (Å²) in [6, 6.07) is 3.51. The summed E-state index contributed by atoms with van der Waals surface area (Å²) < 4.78 is 2.52. The summed E-state index contributed by atoms with van der Waals surface area (Å²) >= 11 is 3.38. The fraction of sp³-hybridized carbons (Fsp3) is 0.375. The predicted molar refractivity (Wildman–Crippen MR) is 90.2 cm³/mol. The molecule has 22 heavy (non-hydrogen) atoms. The normalized spacial score (nSPS) is 11.0. The topological polar surface area (TPSA) is 67.2 Å². The lowest BCUT2D eigenvalue weighted by molar-refractivity contribution is -0.116. The van der Waals surface area contributed by atoms with Crippen molar-refractivity contribution >= 4 is 27.5 Å². The minimum Gasteiger partial charge on any atom is -0.508 e. The highest BCUT2D eigenvalue weighted by Crippen LogP contribution is 2.31. The Morgan fingerprint density at radius 3 is 2.64 bits per heavy atom. The second kappa shape index (κ2) is 6.52. The average Bonchev–Trinajstić information content (AvgIpc) is 2.73. The van der Waals surface area contributed by atoms with Crippen LogP contribution in [0, 0.1) is 13.8 Å². The molecule has 118 valence electrons. The maximum Gasteiger partial charge on any atom is 0.246 e. The standard InChI is InChI=1S/C16H20BrN3O2/c1-9(2)12-6-14(10(3)5-15(12)21)19-16(22)8-20-11(4)13(17)7-18-20/h5-7,9,21H,8H2,1-4H3,(H,19,22). The van der Waals surface area contributed by atoms with Crippen molar-refractivity contribution in [3.05, 3.63) is 39.6 Å². The molecule has 2 rings (SSSR count). The van der Waals surface area contributed by atoms with Crippen LogP contribution in [0.25, 0.3) is 0 Å². The molecule has 0 aliphatic rings. The second-order valence-electron chi connectivity index (χ2n) is 5.66. The van der Waals surface area contributed by atoms with Crippen molar-refractivity contribution in [3.8, 4) is 5.75 Å². The van der Waals surface area contributed by atoms with Crippen molar-refractivity contribution in [2.45, 2.75) is 40.2 Å². The average molecular weight is 366 g/mol. The lowest BCUT2D eigenvalue weighted by atomic mass is 9.99. The Kier molecular flexibility index (Phi) is 4.90. The van der Waals surface area contributed by atoms with Crippen LogP contribution in [0.5, 0.6) is 5.75 Å². The van der Waals surface area contributed by atoms with E-state index in [4.69, 9.17) is 0 Å². The van der Waals surface area contributed by atoms with Gasteiger partial charge in [0.15, 0.2) is 0 Å². The smallest absolute Gasteiger partial charge is 0.246 e. The summed E-state index contributed by atoms with van der Waals surface area (Å²) in [5.41, 5.74) is 3.27. The highest BCUT2D eigenvalue weighted by Gasteiger charge is 2.13. The van der Waals surface area contributed by atoms with Crippen LogP contribution in [0.1, 0.15) is 36.6 Å². The van der Waals surface area contributed by atoms with Gasteiger partial charge in [-0.15, -0.1) is 0 Å². The molecule has 0 fully saturated rings. The van der Waals surface area contributed by atoms with Gasteiger partial charge < -0.3 is 10.4 Å². The van der Waals surface area contributed by atoms with Crippen LogP contribution >= 0.6 is 15.9 Å². The molecule has 1 aromatic carbocycles. The molecule has 0 aliphatic heterocycles. The first-order chi connectivity index (χ1) is 10.3. The van der Waals surface area contributed by atoms with Crippen LogP contribution in [-0.4, -0.2) is 20.8 Å². The molecule has 1 amide bonds. The number of aryl methyl sites for hydroxylation is 1. The van der Waals surface area contributed by atoms with E-state index in [1.165, 1.54) is 0 Å². The molecular formula is C16H20BrN3O2. The van der Waals surface area contributed by atoms with Crippen molar-refractivity contribution in [1.29, 1.82) is 0 Å². The number of aromatic hydroxyl groups is 1. The van der Waals surface area contributed by atoms with Gasteiger partial charge in [0.05, 0.1) is 16.4 Å². The van der Waals surface area contributed by atoms with E-state index < -0.39 is 0 Å². The third-order valence-electron chi connectivity index (χ3n) is 3.61. The summed E-state index contributed by atoms with van der Waals surface area (Å²) in [4.78, 5) is 12.2. The Morgan fingerprint density at radius 1 is 1.41 bits per heavy atom. The number of aromatic nitrogens is 2. The first kappa shape index (κ1) is 16.5. The first-order valence-electron chi connectivity index (χ1n) is 7.11. The minimum absolute atomic E-state index is 0.148. The fourth-order valence-corrected chi connectivity index (χ4v) is 2.51. The molecule has 0 aliphatic carbocycles. The number of halogens is 1. The number of phenolic OH excluding ortho intramolecular Hbond substituents is 1. The molecule has 0 spiro atoms. The lowest BCUT2D eigenvalue weighted by Crippen LogP contribution is -2.20. The molecule has 0 atom stereocenters. The molecule has 1 heterocycles. The number of benzene rings is 1. The predicted octanol–water partition coefficient (Wildman–Crippen LogP) is 3.73. The van der Waals surface area contributed by atoms with Gasteiger partial charge in [-0.05, 0) is 59.0 Å². The Bertz CT molecular complexity index is 708. The number of carbonyl (C=O) groups excluding carboxylic acids is 1. The Balaban J connectivity index is 2.18.